The molecule has 2 aliphatic heterocycles. The summed E-state index contributed by atoms with van der Waals surface area (Å²) in [6.07, 6.45) is -3.38. The average Bonchev–Trinajstić information content (AvgIpc) is 3.21. The second-order valence-electron chi connectivity index (χ2n) is 10.7. The van der Waals surface area contributed by atoms with Crippen molar-refractivity contribution in [3.05, 3.63) is 94.3 Å². The van der Waals surface area contributed by atoms with E-state index in [4.69, 9.17) is 11.6 Å². The highest BCUT2D eigenvalue weighted by Gasteiger charge is 2.57. The smallest absolute Gasteiger partial charge is 0.406 e. The number of nitrogens with one attached hydrogen (secondary N) is 2. The Morgan fingerprint density at radius 2 is 1.77 bits per heavy atom. The summed E-state index contributed by atoms with van der Waals surface area (Å²) in [4.78, 5) is 18.1. The molecule has 228 valence electrons. The molecule has 5 rings (SSSR count). The Labute approximate surface area is 248 Å². The summed E-state index contributed by atoms with van der Waals surface area (Å²) in [6.45, 7) is 1.65. The van der Waals surface area contributed by atoms with Crippen molar-refractivity contribution in [2.75, 3.05) is 26.2 Å². The number of urea groups is 1. The third-order valence-electron chi connectivity index (χ3n) is 7.95. The summed E-state index contributed by atoms with van der Waals surface area (Å²) in [7, 11) is 0. The summed E-state index contributed by atoms with van der Waals surface area (Å²) in [5, 5.41) is 6.46. The Bertz CT molecular complexity index is 1500. The molecule has 0 saturated carbocycles. The number of halogens is 7. The fraction of sp³-hybridized carbons (Fsp3) is 0.333. The molecular weight excluding hydrogens is 598 g/mol. The van der Waals surface area contributed by atoms with E-state index in [2.05, 4.69) is 20.4 Å². The molecule has 0 radical (unpaired) electrons. The molecule has 1 fully saturated rings. The molecule has 1 atom stereocenters. The number of carbonyl (C=O) groups is 1. The van der Waals surface area contributed by atoms with Crippen LogP contribution in [0, 0.1) is 0 Å². The minimum Gasteiger partial charge on any atom is -0.406 e. The van der Waals surface area contributed by atoms with Crippen molar-refractivity contribution in [3.63, 3.8) is 0 Å². The maximum atomic E-state index is 14.1. The predicted molar refractivity (Wildman–Crippen MR) is 150 cm³/mol. The van der Waals surface area contributed by atoms with Crippen LogP contribution in [-0.2, 0) is 18.1 Å². The molecule has 3 heterocycles. The van der Waals surface area contributed by atoms with Crippen molar-refractivity contribution in [1.82, 2.24) is 20.1 Å². The third kappa shape index (κ3) is 6.81. The van der Waals surface area contributed by atoms with Gasteiger partial charge in [0.2, 0.25) is 0 Å². The van der Waals surface area contributed by atoms with Crippen LogP contribution in [0.15, 0.2) is 66.9 Å². The van der Waals surface area contributed by atoms with Crippen LogP contribution in [0.4, 0.5) is 36.8 Å². The zero-order chi connectivity index (χ0) is 30.9. The number of piperidine rings is 1. The van der Waals surface area contributed by atoms with Gasteiger partial charge in [0, 0.05) is 24.4 Å². The largest absolute Gasteiger partial charge is 0.573 e. The maximum Gasteiger partial charge on any atom is 0.573 e. The van der Waals surface area contributed by atoms with Gasteiger partial charge in [0.1, 0.15) is 29.7 Å². The van der Waals surface area contributed by atoms with E-state index in [0.29, 0.717) is 48.3 Å². The number of fused-ring (bicyclic) bond motifs is 2. The molecule has 43 heavy (non-hydrogen) atoms. The SMILES string of the molecule is O=C(NCc1ccnc(Cl)c1)[N+]1(C/C=C/c2ccc(OC(F)(F)F)cc2)CC2(CCNCC2)c2cc(C(F)(F)F)ccc21. The first-order chi connectivity index (χ1) is 20.3. The summed E-state index contributed by atoms with van der Waals surface area (Å²) < 4.78 is 82.7. The van der Waals surface area contributed by atoms with Crippen LogP contribution in [0.3, 0.4) is 0 Å². The van der Waals surface area contributed by atoms with E-state index in [-0.39, 0.29) is 35.0 Å². The number of pyridine rings is 1. The topological polar surface area (TPSA) is 63.2 Å². The van der Waals surface area contributed by atoms with E-state index in [1.54, 1.807) is 24.3 Å². The number of rotatable bonds is 6. The number of aromatic nitrogens is 1. The number of amides is 2. The third-order valence-corrected chi connectivity index (χ3v) is 8.16. The number of benzene rings is 2. The normalized spacial score (nSPS) is 19.9. The minimum atomic E-state index is -4.82. The second-order valence-corrected chi connectivity index (χ2v) is 11.1. The van der Waals surface area contributed by atoms with E-state index in [1.165, 1.54) is 42.6 Å². The molecule has 1 spiro atoms. The zero-order valence-corrected chi connectivity index (χ0v) is 23.5. The number of hydrogen-bond acceptors (Lipinski definition) is 4. The number of ether oxygens (including phenoxy) is 1. The van der Waals surface area contributed by atoms with E-state index < -0.39 is 29.5 Å². The molecule has 2 amide bonds. The van der Waals surface area contributed by atoms with E-state index in [0.717, 1.165) is 6.07 Å². The maximum absolute atomic E-state index is 14.1. The van der Waals surface area contributed by atoms with Crippen LogP contribution in [0.5, 0.6) is 5.75 Å². The molecule has 2 N–H and O–H groups in total. The van der Waals surface area contributed by atoms with Gasteiger partial charge >= 0.3 is 18.6 Å². The average molecular weight is 626 g/mol. The van der Waals surface area contributed by atoms with E-state index >= 15 is 0 Å². The molecule has 1 unspecified atom stereocenters. The van der Waals surface area contributed by atoms with Gasteiger partial charge in [-0.3, -0.25) is 0 Å². The van der Waals surface area contributed by atoms with Gasteiger partial charge in [-0.2, -0.15) is 13.2 Å². The lowest BCUT2D eigenvalue weighted by Gasteiger charge is -2.36. The number of quaternary nitrogens is 1. The second kappa shape index (κ2) is 11.8. The molecule has 0 bridgehead atoms. The molecule has 2 aromatic carbocycles. The highest BCUT2D eigenvalue weighted by Crippen LogP contribution is 2.51. The van der Waals surface area contributed by atoms with Gasteiger partial charge in [0.05, 0.1) is 11.0 Å². The first-order valence-electron chi connectivity index (χ1n) is 13.5. The fourth-order valence-corrected chi connectivity index (χ4v) is 6.18. The van der Waals surface area contributed by atoms with Crippen LogP contribution in [0.25, 0.3) is 6.08 Å². The Morgan fingerprint density at radius 1 is 1.05 bits per heavy atom. The van der Waals surface area contributed by atoms with Crippen LogP contribution in [0.1, 0.15) is 35.1 Å². The molecule has 6 nitrogen and oxygen atoms in total. The summed E-state index contributed by atoms with van der Waals surface area (Å²) in [5.74, 6) is -0.370. The first kappa shape index (κ1) is 30.8. The quantitative estimate of drug-likeness (QED) is 0.173. The van der Waals surface area contributed by atoms with Gasteiger partial charge in [-0.15, -0.1) is 13.2 Å². The van der Waals surface area contributed by atoms with Gasteiger partial charge in [-0.25, -0.2) is 14.3 Å². The standard InChI is InChI=1S/C30H27ClF6N4O2/c31-26-16-21(9-12-39-26)18-40-27(42)41(15-1-2-20-3-6-23(7-4-20)43-30(35,36)37)19-28(10-13-38-14-11-28)24-17-22(29(32,33)34)5-8-25(24)41/h1-9,12,16-17,38H,10-11,13-15,18-19H2/p+1/b2-1+. The number of hydrogen-bond donors (Lipinski definition) is 2. The van der Waals surface area contributed by atoms with Gasteiger partial charge < -0.3 is 15.4 Å². The van der Waals surface area contributed by atoms with Crippen molar-refractivity contribution in [1.29, 1.82) is 0 Å². The number of alkyl halides is 6. The van der Waals surface area contributed by atoms with Crippen molar-refractivity contribution < 1.29 is 35.9 Å². The number of carbonyl (C=O) groups excluding carboxylic acids is 1. The van der Waals surface area contributed by atoms with Crippen LogP contribution < -0.4 is 19.9 Å². The lowest BCUT2D eigenvalue weighted by molar-refractivity contribution is -0.274. The molecular formula is C30H28ClF6N4O2+. The first-order valence-corrected chi connectivity index (χ1v) is 13.9. The Morgan fingerprint density at radius 3 is 2.42 bits per heavy atom. The Balaban J connectivity index is 1.51. The minimum absolute atomic E-state index is 0.0945. The molecule has 1 saturated heterocycles. The highest BCUT2D eigenvalue weighted by molar-refractivity contribution is 6.29. The van der Waals surface area contributed by atoms with Crippen LogP contribution in [0.2, 0.25) is 5.15 Å². The number of nitrogens with zero attached hydrogens (tertiary/aromatic N) is 2. The molecule has 13 heteroatoms. The molecule has 2 aliphatic rings. The van der Waals surface area contributed by atoms with Crippen molar-refractivity contribution in [2.45, 2.75) is 37.3 Å². The Kier molecular flexibility index (Phi) is 8.47. The van der Waals surface area contributed by atoms with Crippen LogP contribution >= 0.6 is 11.6 Å². The van der Waals surface area contributed by atoms with E-state index in [9.17, 15) is 31.1 Å². The van der Waals surface area contributed by atoms with Gasteiger partial charge in [0.15, 0.2) is 0 Å². The van der Waals surface area contributed by atoms with Crippen molar-refractivity contribution in [3.8, 4) is 5.75 Å². The van der Waals surface area contributed by atoms with Crippen LogP contribution in [-0.4, -0.2) is 43.6 Å². The summed E-state index contributed by atoms with van der Waals surface area (Å²) >= 11 is 6.00. The zero-order valence-electron chi connectivity index (χ0n) is 22.7. The molecule has 1 aromatic heterocycles. The molecule has 3 aromatic rings. The fourth-order valence-electron chi connectivity index (χ4n) is 5.99. The van der Waals surface area contributed by atoms with Gasteiger partial charge in [0.25, 0.3) is 0 Å². The Hall–Kier alpha value is -3.61. The van der Waals surface area contributed by atoms with Gasteiger partial charge in [-0.1, -0.05) is 29.8 Å². The monoisotopic (exact) mass is 625 g/mol. The molecule has 0 aliphatic carbocycles. The highest BCUT2D eigenvalue weighted by atomic mass is 35.5. The van der Waals surface area contributed by atoms with Gasteiger partial charge in [-0.05, 0) is 79.5 Å². The lowest BCUT2D eigenvalue weighted by Crippen LogP contribution is -2.60. The summed E-state index contributed by atoms with van der Waals surface area (Å²) in [6, 6.07) is 11.7. The predicted octanol–water partition coefficient (Wildman–Crippen LogP) is 7.22. The lowest BCUT2D eigenvalue weighted by atomic mass is 9.74. The van der Waals surface area contributed by atoms with Crippen molar-refractivity contribution >= 4 is 29.4 Å². The van der Waals surface area contributed by atoms with Crippen molar-refractivity contribution in [2.24, 2.45) is 0 Å². The summed E-state index contributed by atoms with van der Waals surface area (Å²) in [5.41, 5.74) is 0.817. The van der Waals surface area contributed by atoms with E-state index in [1.807, 2.05) is 0 Å².